The molecule has 2 N–H and O–H groups in total. The Morgan fingerprint density at radius 1 is 1.30 bits per heavy atom. The molecule has 0 bridgehead atoms. The minimum Gasteiger partial charge on any atom is -0.497 e. The van der Waals surface area contributed by atoms with Crippen LogP contribution in [-0.4, -0.2) is 18.3 Å². The minimum atomic E-state index is -0.591. The molecule has 20 heavy (non-hydrogen) atoms. The van der Waals surface area contributed by atoms with Gasteiger partial charge in [0.25, 0.3) is 0 Å². The molecular weight excluding hydrogens is 318 g/mol. The molecule has 0 aliphatic carbocycles. The number of nitrogens with one attached hydrogen (secondary N) is 1. The first kappa shape index (κ1) is 13.5. The van der Waals surface area contributed by atoms with Gasteiger partial charge in [0.2, 0.25) is 0 Å². The Bertz CT molecular complexity index is 605. The number of para-hydroxylation sites is 1. The maximum Gasteiger partial charge on any atom is 0.119 e. The number of anilines is 1. The topological polar surface area (TPSA) is 41.5 Å². The number of hydrogen-bond donors (Lipinski definition) is 2. The Kier molecular flexibility index (Phi) is 3.68. The van der Waals surface area contributed by atoms with E-state index in [1.54, 1.807) is 7.11 Å². The predicted octanol–water partition coefficient (Wildman–Crippen LogP) is 3.53. The fraction of sp³-hybridized carbons (Fsp3) is 0.250. The highest BCUT2D eigenvalue weighted by Gasteiger charge is 2.28. The van der Waals surface area contributed by atoms with E-state index in [9.17, 15) is 5.11 Å². The summed E-state index contributed by atoms with van der Waals surface area (Å²) in [7, 11) is 1.63. The first-order valence-corrected chi connectivity index (χ1v) is 7.34. The normalized spacial score (nSPS) is 18.2. The summed E-state index contributed by atoms with van der Waals surface area (Å²) in [6.45, 7) is 0. The second kappa shape index (κ2) is 5.46. The third-order valence-corrected chi connectivity index (χ3v) is 4.42. The molecule has 2 atom stereocenters. The van der Waals surface area contributed by atoms with Gasteiger partial charge < -0.3 is 15.2 Å². The van der Waals surface area contributed by atoms with Crippen molar-refractivity contribution >= 4 is 21.6 Å². The Hall–Kier alpha value is -1.52. The van der Waals surface area contributed by atoms with Crippen LogP contribution in [0.2, 0.25) is 0 Å². The van der Waals surface area contributed by atoms with Crippen LogP contribution < -0.4 is 10.1 Å². The van der Waals surface area contributed by atoms with Gasteiger partial charge in [-0.2, -0.15) is 0 Å². The fourth-order valence-corrected chi connectivity index (χ4v) is 3.09. The predicted molar refractivity (Wildman–Crippen MR) is 83.2 cm³/mol. The number of halogens is 1. The molecule has 0 radical (unpaired) electrons. The summed E-state index contributed by atoms with van der Waals surface area (Å²) in [5.41, 5.74) is 3.20. The van der Waals surface area contributed by atoms with Gasteiger partial charge in [0.05, 0.1) is 13.2 Å². The van der Waals surface area contributed by atoms with E-state index in [0.29, 0.717) is 0 Å². The molecule has 0 saturated heterocycles. The van der Waals surface area contributed by atoms with Crippen LogP contribution in [0, 0.1) is 0 Å². The lowest BCUT2D eigenvalue weighted by atomic mass is 9.99. The Balaban J connectivity index is 1.86. The molecule has 0 amide bonds. The molecule has 0 aromatic heterocycles. The smallest absolute Gasteiger partial charge is 0.119 e. The summed E-state index contributed by atoms with van der Waals surface area (Å²) in [5, 5.41) is 14.0. The Morgan fingerprint density at radius 2 is 2.10 bits per heavy atom. The molecule has 1 heterocycles. The number of benzene rings is 2. The first-order chi connectivity index (χ1) is 9.69. The summed E-state index contributed by atoms with van der Waals surface area (Å²) in [4.78, 5) is 0. The van der Waals surface area contributed by atoms with E-state index < -0.39 is 6.10 Å². The largest absolute Gasteiger partial charge is 0.497 e. The molecule has 3 rings (SSSR count). The number of methoxy groups -OCH3 is 1. The molecule has 2 aromatic rings. The number of fused-ring (bicyclic) bond motifs is 1. The molecule has 4 heteroatoms. The van der Waals surface area contributed by atoms with Crippen LogP contribution in [0.25, 0.3) is 0 Å². The van der Waals surface area contributed by atoms with Crippen molar-refractivity contribution in [1.29, 1.82) is 0 Å². The van der Waals surface area contributed by atoms with Crippen molar-refractivity contribution in [1.82, 2.24) is 0 Å². The molecule has 0 saturated carbocycles. The van der Waals surface area contributed by atoms with E-state index >= 15 is 0 Å². The van der Waals surface area contributed by atoms with Gasteiger partial charge in [-0.15, -0.1) is 0 Å². The van der Waals surface area contributed by atoms with Crippen molar-refractivity contribution in [2.45, 2.75) is 18.6 Å². The SMILES string of the molecule is COc1ccc(Br)c(C(O)C2Cc3ccccc3N2)c1. The lowest BCUT2D eigenvalue weighted by Gasteiger charge is -2.21. The lowest BCUT2D eigenvalue weighted by Crippen LogP contribution is -2.25. The average molecular weight is 334 g/mol. The van der Waals surface area contributed by atoms with Crippen molar-refractivity contribution in [2.75, 3.05) is 12.4 Å². The summed E-state index contributed by atoms with van der Waals surface area (Å²) >= 11 is 3.50. The summed E-state index contributed by atoms with van der Waals surface area (Å²) < 4.78 is 6.12. The summed E-state index contributed by atoms with van der Waals surface area (Å²) in [5.74, 6) is 0.748. The van der Waals surface area contributed by atoms with E-state index in [-0.39, 0.29) is 6.04 Å². The average Bonchev–Trinajstić information content (AvgIpc) is 2.91. The highest BCUT2D eigenvalue weighted by Crippen LogP contribution is 2.35. The quantitative estimate of drug-likeness (QED) is 0.902. The molecule has 3 nitrogen and oxygen atoms in total. The molecule has 2 unspecified atom stereocenters. The van der Waals surface area contributed by atoms with E-state index in [4.69, 9.17) is 4.74 Å². The maximum atomic E-state index is 10.6. The molecule has 0 spiro atoms. The van der Waals surface area contributed by atoms with Crippen molar-refractivity contribution in [3.63, 3.8) is 0 Å². The van der Waals surface area contributed by atoms with Crippen molar-refractivity contribution in [3.05, 3.63) is 58.1 Å². The third kappa shape index (κ3) is 2.41. The molecular formula is C16H16BrNO2. The first-order valence-electron chi connectivity index (χ1n) is 6.55. The van der Waals surface area contributed by atoms with Gasteiger partial charge in [0, 0.05) is 15.7 Å². The number of ether oxygens (including phenoxy) is 1. The molecule has 1 aliphatic rings. The van der Waals surface area contributed by atoms with Crippen molar-refractivity contribution in [2.24, 2.45) is 0 Å². The van der Waals surface area contributed by atoms with Crippen LogP contribution in [0.4, 0.5) is 5.69 Å². The van der Waals surface area contributed by atoms with Gasteiger partial charge in [-0.1, -0.05) is 34.1 Å². The van der Waals surface area contributed by atoms with Gasteiger partial charge in [-0.3, -0.25) is 0 Å². The van der Waals surface area contributed by atoms with Crippen LogP contribution >= 0.6 is 15.9 Å². The fourth-order valence-electron chi connectivity index (χ4n) is 2.61. The van der Waals surface area contributed by atoms with Crippen LogP contribution in [0.1, 0.15) is 17.2 Å². The number of rotatable bonds is 3. The van der Waals surface area contributed by atoms with Crippen LogP contribution in [0.3, 0.4) is 0 Å². The Labute approximate surface area is 126 Å². The van der Waals surface area contributed by atoms with Crippen molar-refractivity contribution < 1.29 is 9.84 Å². The number of aliphatic hydroxyl groups is 1. The van der Waals surface area contributed by atoms with E-state index in [0.717, 1.165) is 27.9 Å². The molecule has 1 aliphatic heterocycles. The van der Waals surface area contributed by atoms with E-state index in [1.807, 2.05) is 36.4 Å². The summed E-state index contributed by atoms with van der Waals surface area (Å²) in [6.07, 6.45) is 0.230. The van der Waals surface area contributed by atoms with Crippen LogP contribution in [0.15, 0.2) is 46.9 Å². The third-order valence-electron chi connectivity index (χ3n) is 3.70. The second-order valence-corrected chi connectivity index (χ2v) is 5.80. The molecule has 2 aromatic carbocycles. The zero-order valence-corrected chi connectivity index (χ0v) is 12.7. The summed E-state index contributed by atoms with van der Waals surface area (Å²) in [6, 6.07) is 13.8. The highest BCUT2D eigenvalue weighted by atomic mass is 79.9. The minimum absolute atomic E-state index is 0.0178. The van der Waals surface area contributed by atoms with Crippen molar-refractivity contribution in [3.8, 4) is 5.75 Å². The highest BCUT2D eigenvalue weighted by molar-refractivity contribution is 9.10. The van der Waals surface area contributed by atoms with Gasteiger partial charge >= 0.3 is 0 Å². The van der Waals surface area contributed by atoms with Gasteiger partial charge in [-0.05, 0) is 36.2 Å². The molecule has 0 fully saturated rings. The van der Waals surface area contributed by atoms with Gasteiger partial charge in [0.15, 0.2) is 0 Å². The van der Waals surface area contributed by atoms with E-state index in [2.05, 4.69) is 27.3 Å². The monoisotopic (exact) mass is 333 g/mol. The lowest BCUT2D eigenvalue weighted by molar-refractivity contribution is 0.155. The second-order valence-electron chi connectivity index (χ2n) is 4.94. The number of hydrogen-bond acceptors (Lipinski definition) is 3. The number of aliphatic hydroxyl groups excluding tert-OH is 1. The standard InChI is InChI=1S/C16H16BrNO2/c1-20-11-6-7-13(17)12(9-11)16(19)15-8-10-4-2-3-5-14(10)18-15/h2-7,9,15-16,18-19H,8H2,1H3. The van der Waals surface area contributed by atoms with Gasteiger partial charge in [-0.25, -0.2) is 0 Å². The van der Waals surface area contributed by atoms with Crippen LogP contribution in [0.5, 0.6) is 5.75 Å². The van der Waals surface area contributed by atoms with E-state index in [1.165, 1.54) is 5.56 Å². The zero-order valence-electron chi connectivity index (χ0n) is 11.1. The maximum absolute atomic E-state index is 10.6. The van der Waals surface area contributed by atoms with Crippen LogP contribution in [-0.2, 0) is 6.42 Å². The Morgan fingerprint density at radius 3 is 2.85 bits per heavy atom. The zero-order chi connectivity index (χ0) is 14.1. The van der Waals surface area contributed by atoms with Gasteiger partial charge in [0.1, 0.15) is 11.9 Å². The molecule has 104 valence electrons.